The number of ether oxygens (including phenoxy) is 2. The summed E-state index contributed by atoms with van der Waals surface area (Å²) in [6.07, 6.45) is 2.08. The van der Waals surface area contributed by atoms with Gasteiger partial charge in [0, 0.05) is 13.1 Å². The molecule has 1 saturated carbocycles. The van der Waals surface area contributed by atoms with E-state index in [1.807, 2.05) is 35.2 Å². The Hall–Kier alpha value is -1.55. The highest BCUT2D eigenvalue weighted by Gasteiger charge is 2.57. The summed E-state index contributed by atoms with van der Waals surface area (Å²) in [7, 11) is 0. The molecule has 2 aliphatic heterocycles. The molecule has 2 saturated heterocycles. The van der Waals surface area contributed by atoms with Crippen molar-refractivity contribution in [1.82, 2.24) is 4.90 Å². The third-order valence-corrected chi connectivity index (χ3v) is 4.86. The summed E-state index contributed by atoms with van der Waals surface area (Å²) in [5.74, 6) is 1.23. The van der Waals surface area contributed by atoms with Crippen molar-refractivity contribution >= 4 is 6.09 Å². The number of benzene rings is 1. The average molecular weight is 273 g/mol. The summed E-state index contributed by atoms with van der Waals surface area (Å²) in [5, 5.41) is 0. The van der Waals surface area contributed by atoms with E-state index < -0.39 is 0 Å². The molecule has 2 heterocycles. The number of epoxide rings is 1. The van der Waals surface area contributed by atoms with Crippen LogP contribution in [0.1, 0.15) is 18.4 Å². The SMILES string of the molecule is O=C(OCc1ccccc1)N1C[C@@H]2C[C@@]3(CO3)C[C@@H]2C1. The molecule has 4 nitrogen and oxygen atoms in total. The van der Waals surface area contributed by atoms with Gasteiger partial charge in [-0.25, -0.2) is 4.79 Å². The topological polar surface area (TPSA) is 42.1 Å². The van der Waals surface area contributed by atoms with Gasteiger partial charge in [0.25, 0.3) is 0 Å². The molecule has 0 radical (unpaired) electrons. The Kier molecular flexibility index (Phi) is 2.74. The molecule has 4 rings (SSSR count). The maximum absolute atomic E-state index is 12.1. The zero-order valence-electron chi connectivity index (χ0n) is 11.5. The monoisotopic (exact) mass is 273 g/mol. The third-order valence-electron chi connectivity index (χ3n) is 4.86. The highest BCUT2D eigenvalue weighted by Crippen LogP contribution is 2.52. The first kappa shape index (κ1) is 12.2. The second-order valence-electron chi connectivity index (χ2n) is 6.35. The minimum absolute atomic E-state index is 0.172. The number of carbonyl (C=O) groups excluding carboxylic acids is 1. The van der Waals surface area contributed by atoms with Crippen LogP contribution in [-0.2, 0) is 16.1 Å². The van der Waals surface area contributed by atoms with Gasteiger partial charge in [0.2, 0.25) is 0 Å². The molecule has 1 aliphatic carbocycles. The standard InChI is InChI=1S/C16H19NO3/c18-15(19-10-12-4-2-1-3-5-12)17-8-13-6-16(11-20-16)7-14(13)9-17/h1-5,13-14H,6-11H2/t13-,14+,16-. The number of amides is 1. The molecular formula is C16H19NO3. The van der Waals surface area contributed by atoms with Crippen molar-refractivity contribution in [3.63, 3.8) is 0 Å². The molecule has 1 aromatic carbocycles. The van der Waals surface area contributed by atoms with E-state index in [4.69, 9.17) is 9.47 Å². The zero-order chi connectivity index (χ0) is 13.6. The number of hydrogen-bond donors (Lipinski definition) is 0. The van der Waals surface area contributed by atoms with E-state index in [2.05, 4.69) is 0 Å². The molecule has 0 aromatic heterocycles. The zero-order valence-corrected chi connectivity index (χ0v) is 11.5. The molecule has 1 spiro atoms. The fraction of sp³-hybridized carbons (Fsp3) is 0.562. The van der Waals surface area contributed by atoms with E-state index in [9.17, 15) is 4.79 Å². The summed E-state index contributed by atoms with van der Waals surface area (Å²) < 4.78 is 11.0. The largest absolute Gasteiger partial charge is 0.445 e. The Morgan fingerprint density at radius 2 is 1.90 bits per heavy atom. The lowest BCUT2D eigenvalue weighted by molar-refractivity contribution is 0.100. The lowest BCUT2D eigenvalue weighted by atomic mass is 10.0. The van der Waals surface area contributed by atoms with E-state index in [1.54, 1.807) is 0 Å². The maximum atomic E-state index is 12.1. The molecule has 20 heavy (non-hydrogen) atoms. The Morgan fingerprint density at radius 3 is 2.50 bits per heavy atom. The van der Waals surface area contributed by atoms with Gasteiger partial charge in [-0.05, 0) is 30.2 Å². The molecular weight excluding hydrogens is 254 g/mol. The predicted molar refractivity (Wildman–Crippen MR) is 73.1 cm³/mol. The molecule has 0 N–H and O–H groups in total. The van der Waals surface area contributed by atoms with Gasteiger partial charge >= 0.3 is 6.09 Å². The van der Waals surface area contributed by atoms with Crippen molar-refractivity contribution in [2.75, 3.05) is 19.7 Å². The Labute approximate surface area is 118 Å². The van der Waals surface area contributed by atoms with Crippen molar-refractivity contribution in [3.8, 4) is 0 Å². The van der Waals surface area contributed by atoms with Gasteiger partial charge in [0.15, 0.2) is 0 Å². The second-order valence-corrected chi connectivity index (χ2v) is 6.35. The van der Waals surface area contributed by atoms with Crippen LogP contribution in [-0.4, -0.2) is 36.3 Å². The van der Waals surface area contributed by atoms with Crippen molar-refractivity contribution in [2.45, 2.75) is 25.0 Å². The normalized spacial score (nSPS) is 34.3. The average Bonchev–Trinajstić information content (AvgIpc) is 2.96. The van der Waals surface area contributed by atoms with Gasteiger partial charge < -0.3 is 14.4 Å². The number of rotatable bonds is 2. The van der Waals surface area contributed by atoms with Gasteiger partial charge in [-0.15, -0.1) is 0 Å². The Morgan fingerprint density at radius 1 is 1.25 bits per heavy atom. The molecule has 3 fully saturated rings. The quantitative estimate of drug-likeness (QED) is 0.777. The molecule has 1 amide bonds. The second kappa shape index (κ2) is 4.48. The first-order valence-corrected chi connectivity index (χ1v) is 7.34. The van der Waals surface area contributed by atoms with Crippen LogP contribution in [0, 0.1) is 11.8 Å². The molecule has 1 aromatic rings. The Balaban J connectivity index is 1.30. The number of likely N-dealkylation sites (tertiary alicyclic amines) is 1. The smallest absolute Gasteiger partial charge is 0.410 e. The van der Waals surface area contributed by atoms with Crippen LogP contribution in [0.25, 0.3) is 0 Å². The maximum Gasteiger partial charge on any atom is 0.410 e. The van der Waals surface area contributed by atoms with Gasteiger partial charge in [-0.2, -0.15) is 0 Å². The van der Waals surface area contributed by atoms with Crippen LogP contribution in [0.5, 0.6) is 0 Å². The van der Waals surface area contributed by atoms with Crippen molar-refractivity contribution < 1.29 is 14.3 Å². The van der Waals surface area contributed by atoms with Gasteiger partial charge in [-0.3, -0.25) is 0 Å². The first-order chi connectivity index (χ1) is 9.74. The molecule has 0 unspecified atom stereocenters. The van der Waals surface area contributed by atoms with Crippen molar-refractivity contribution in [1.29, 1.82) is 0 Å². The van der Waals surface area contributed by atoms with Crippen molar-refractivity contribution in [2.24, 2.45) is 11.8 Å². The van der Waals surface area contributed by atoms with E-state index in [1.165, 1.54) is 0 Å². The van der Waals surface area contributed by atoms with Crippen LogP contribution >= 0.6 is 0 Å². The van der Waals surface area contributed by atoms with Crippen LogP contribution in [0.2, 0.25) is 0 Å². The van der Waals surface area contributed by atoms with Gasteiger partial charge in [0.05, 0.1) is 12.2 Å². The van der Waals surface area contributed by atoms with Crippen LogP contribution in [0.3, 0.4) is 0 Å². The molecule has 3 atom stereocenters. The molecule has 0 bridgehead atoms. The van der Waals surface area contributed by atoms with Crippen molar-refractivity contribution in [3.05, 3.63) is 35.9 Å². The highest BCUT2D eigenvalue weighted by atomic mass is 16.6. The number of hydrogen-bond acceptors (Lipinski definition) is 3. The first-order valence-electron chi connectivity index (χ1n) is 7.34. The minimum Gasteiger partial charge on any atom is -0.445 e. The molecule has 3 aliphatic rings. The van der Waals surface area contributed by atoms with Crippen LogP contribution in [0.4, 0.5) is 4.79 Å². The van der Waals surface area contributed by atoms with E-state index in [0.717, 1.165) is 38.1 Å². The Bertz CT molecular complexity index is 496. The van der Waals surface area contributed by atoms with Crippen LogP contribution in [0.15, 0.2) is 30.3 Å². The number of nitrogens with zero attached hydrogens (tertiary/aromatic N) is 1. The number of carbonyl (C=O) groups is 1. The fourth-order valence-electron chi connectivity index (χ4n) is 3.74. The van der Waals surface area contributed by atoms with E-state index in [-0.39, 0.29) is 11.7 Å². The minimum atomic E-state index is -0.172. The highest BCUT2D eigenvalue weighted by molar-refractivity contribution is 5.68. The summed E-state index contributed by atoms with van der Waals surface area (Å²) in [4.78, 5) is 14.0. The fourth-order valence-corrected chi connectivity index (χ4v) is 3.74. The van der Waals surface area contributed by atoms with E-state index in [0.29, 0.717) is 18.4 Å². The molecule has 106 valence electrons. The van der Waals surface area contributed by atoms with Crippen LogP contribution < -0.4 is 0 Å². The third kappa shape index (κ3) is 2.18. The predicted octanol–water partition coefficient (Wildman–Crippen LogP) is 2.43. The summed E-state index contributed by atoms with van der Waals surface area (Å²) in [5.41, 5.74) is 1.24. The number of fused-ring (bicyclic) bond motifs is 1. The van der Waals surface area contributed by atoms with E-state index >= 15 is 0 Å². The molecule has 4 heteroatoms. The lowest BCUT2D eigenvalue weighted by Gasteiger charge is -2.18. The van der Waals surface area contributed by atoms with Gasteiger partial charge in [-0.1, -0.05) is 30.3 Å². The summed E-state index contributed by atoms with van der Waals surface area (Å²) >= 11 is 0. The van der Waals surface area contributed by atoms with Gasteiger partial charge in [0.1, 0.15) is 6.61 Å². The lowest BCUT2D eigenvalue weighted by Crippen LogP contribution is -2.31. The summed E-state index contributed by atoms with van der Waals surface area (Å²) in [6, 6.07) is 9.82. The summed E-state index contributed by atoms with van der Waals surface area (Å²) in [6.45, 7) is 2.96.